The number of nitrogens with zero attached hydrogens (tertiary/aromatic N) is 3. The number of para-hydroxylation sites is 1. The highest BCUT2D eigenvalue weighted by molar-refractivity contribution is 6.18. The van der Waals surface area contributed by atoms with Crippen LogP contribution in [0.4, 0.5) is 0 Å². The van der Waals surface area contributed by atoms with E-state index in [1.165, 1.54) is 49.8 Å². The highest BCUT2D eigenvalue weighted by Crippen LogP contribution is 2.57. The molecule has 0 atom stereocenters. The van der Waals surface area contributed by atoms with E-state index in [4.69, 9.17) is 9.97 Å². The van der Waals surface area contributed by atoms with Gasteiger partial charge in [-0.2, -0.15) is 0 Å². The lowest BCUT2D eigenvalue weighted by Crippen LogP contribution is -2.31. The van der Waals surface area contributed by atoms with Crippen molar-refractivity contribution in [1.29, 1.82) is 0 Å². The molecule has 0 unspecified atom stereocenters. The van der Waals surface area contributed by atoms with Gasteiger partial charge in [-0.15, -0.1) is 0 Å². The van der Waals surface area contributed by atoms with Crippen LogP contribution in [0, 0.1) is 0 Å². The minimum absolute atomic E-state index is 0.554. The predicted octanol–water partition coefficient (Wildman–Crippen LogP) is 7.36. The van der Waals surface area contributed by atoms with Gasteiger partial charge in [0, 0.05) is 28.7 Å². The lowest BCUT2D eigenvalue weighted by molar-refractivity contribution is 0.770. The van der Waals surface area contributed by atoms with Gasteiger partial charge in [0.1, 0.15) is 0 Å². The summed E-state index contributed by atoms with van der Waals surface area (Å²) in [4.78, 5) is 9.82. The first-order valence-electron chi connectivity index (χ1n) is 12.3. The fourth-order valence-corrected chi connectivity index (χ4v) is 6.38. The summed E-state index contributed by atoms with van der Waals surface area (Å²) in [6, 6.07) is 38.7. The van der Waals surface area contributed by atoms with Crippen molar-refractivity contribution in [2.75, 3.05) is 0 Å². The number of aromatic nitrogens is 3. The number of benzene rings is 3. The summed E-state index contributed by atoms with van der Waals surface area (Å²) in [7, 11) is 0. The number of hydrogen-bond acceptors (Lipinski definition) is 2. The normalized spacial score (nSPS) is 14.5. The van der Waals surface area contributed by atoms with E-state index in [1.54, 1.807) is 0 Å². The van der Waals surface area contributed by atoms with E-state index in [9.17, 15) is 0 Å². The molecule has 3 nitrogen and oxygen atoms in total. The van der Waals surface area contributed by atoms with Crippen LogP contribution in [0.1, 0.15) is 28.1 Å². The average molecular weight is 460 g/mol. The minimum Gasteiger partial charge on any atom is -0.309 e. The van der Waals surface area contributed by atoms with Gasteiger partial charge < -0.3 is 4.40 Å². The zero-order valence-corrected chi connectivity index (χ0v) is 19.5. The molecule has 1 aliphatic rings. The van der Waals surface area contributed by atoms with E-state index in [0.29, 0.717) is 0 Å². The van der Waals surface area contributed by atoms with Gasteiger partial charge in [0.15, 0.2) is 0 Å². The smallest absolute Gasteiger partial charge is 0.0967 e. The van der Waals surface area contributed by atoms with Gasteiger partial charge in [-0.1, -0.05) is 84.9 Å². The molecule has 0 fully saturated rings. The Morgan fingerprint density at radius 3 is 2.00 bits per heavy atom. The van der Waals surface area contributed by atoms with Crippen molar-refractivity contribution in [1.82, 2.24) is 14.4 Å². The Morgan fingerprint density at radius 1 is 0.583 bits per heavy atom. The standard InChI is InChI=1S/C33H21N3/c1-3-11-22(12-4-1)33(23-13-5-2-6-14-23)27(28-16-9-10-19-34-28)21-26-30-31-25(18-20-35-30)24-15-7-8-17-29(24)36(31)32(26)33/h1-21H. The molecule has 0 amide bonds. The second kappa shape index (κ2) is 7.12. The van der Waals surface area contributed by atoms with E-state index >= 15 is 0 Å². The first-order valence-corrected chi connectivity index (χ1v) is 12.3. The lowest BCUT2D eigenvalue weighted by atomic mass is 9.68. The number of fused-ring (bicyclic) bond motifs is 6. The van der Waals surface area contributed by atoms with Gasteiger partial charge in [-0.05, 0) is 47.0 Å². The highest BCUT2D eigenvalue weighted by Gasteiger charge is 2.49. The van der Waals surface area contributed by atoms with Crippen LogP contribution in [0.5, 0.6) is 0 Å². The molecular formula is C33H21N3. The Morgan fingerprint density at radius 2 is 1.28 bits per heavy atom. The molecule has 168 valence electrons. The van der Waals surface area contributed by atoms with E-state index in [0.717, 1.165) is 11.2 Å². The quantitative estimate of drug-likeness (QED) is 0.276. The maximum absolute atomic E-state index is 4.95. The van der Waals surface area contributed by atoms with Crippen LogP contribution in [0.25, 0.3) is 39.0 Å². The van der Waals surface area contributed by atoms with Crippen LogP contribution in [0.15, 0.2) is 122 Å². The van der Waals surface area contributed by atoms with Crippen molar-refractivity contribution >= 4 is 39.0 Å². The third-order valence-corrected chi connectivity index (χ3v) is 7.72. The van der Waals surface area contributed by atoms with Crippen molar-refractivity contribution in [3.8, 4) is 0 Å². The van der Waals surface area contributed by atoms with E-state index in [1.807, 2.05) is 18.5 Å². The second-order valence-electron chi connectivity index (χ2n) is 9.43. The molecule has 0 saturated carbocycles. The Hall–Kier alpha value is -4.76. The molecule has 0 N–H and O–H groups in total. The van der Waals surface area contributed by atoms with Gasteiger partial charge >= 0.3 is 0 Å². The molecule has 36 heavy (non-hydrogen) atoms. The van der Waals surface area contributed by atoms with Gasteiger partial charge in [0.25, 0.3) is 0 Å². The molecule has 8 rings (SSSR count). The van der Waals surface area contributed by atoms with Crippen LogP contribution in [-0.4, -0.2) is 14.4 Å². The van der Waals surface area contributed by atoms with E-state index < -0.39 is 5.41 Å². The van der Waals surface area contributed by atoms with Crippen LogP contribution in [-0.2, 0) is 5.41 Å². The molecular weight excluding hydrogens is 438 g/mol. The molecule has 0 saturated heterocycles. The SMILES string of the molecule is C1=C(c2ccccn2)C(c2ccccc2)(c2ccccc2)c2c1c1nccc3c4ccccc4n2c13. The van der Waals surface area contributed by atoms with E-state index in [-0.39, 0.29) is 0 Å². The molecule has 4 heterocycles. The van der Waals surface area contributed by atoms with Crippen molar-refractivity contribution < 1.29 is 0 Å². The molecule has 0 spiro atoms. The Labute approximate surface area is 208 Å². The Balaban J connectivity index is 1.65. The minimum atomic E-state index is -0.554. The molecule has 0 aliphatic heterocycles. The monoisotopic (exact) mass is 459 g/mol. The molecule has 7 aromatic rings. The fourth-order valence-electron chi connectivity index (χ4n) is 6.38. The summed E-state index contributed by atoms with van der Waals surface area (Å²) < 4.78 is 2.47. The summed E-state index contributed by atoms with van der Waals surface area (Å²) in [5.74, 6) is 0. The summed E-state index contributed by atoms with van der Waals surface area (Å²) >= 11 is 0. The number of allylic oxidation sites excluding steroid dienone is 1. The van der Waals surface area contributed by atoms with Crippen LogP contribution in [0.3, 0.4) is 0 Å². The van der Waals surface area contributed by atoms with Crippen LogP contribution < -0.4 is 0 Å². The molecule has 0 radical (unpaired) electrons. The van der Waals surface area contributed by atoms with Crippen molar-refractivity contribution in [2.45, 2.75) is 5.41 Å². The Bertz CT molecular complexity index is 1880. The van der Waals surface area contributed by atoms with Crippen molar-refractivity contribution in [3.05, 3.63) is 150 Å². The summed E-state index contributed by atoms with van der Waals surface area (Å²) in [6.07, 6.45) is 6.17. The van der Waals surface area contributed by atoms with Gasteiger partial charge in [-0.3, -0.25) is 9.97 Å². The maximum Gasteiger partial charge on any atom is 0.0967 e. The number of hydrogen-bond donors (Lipinski definition) is 0. The van der Waals surface area contributed by atoms with Crippen molar-refractivity contribution in [2.24, 2.45) is 0 Å². The first-order chi connectivity index (χ1) is 17.9. The zero-order chi connectivity index (χ0) is 23.7. The zero-order valence-electron chi connectivity index (χ0n) is 19.5. The number of rotatable bonds is 3. The van der Waals surface area contributed by atoms with Gasteiger partial charge in [-0.25, -0.2) is 0 Å². The van der Waals surface area contributed by atoms with E-state index in [2.05, 4.69) is 114 Å². The molecule has 3 heteroatoms. The highest BCUT2D eigenvalue weighted by atomic mass is 15.0. The Kier molecular flexibility index (Phi) is 3.87. The summed E-state index contributed by atoms with van der Waals surface area (Å²) in [5.41, 5.74) is 9.89. The second-order valence-corrected chi connectivity index (χ2v) is 9.43. The molecule has 0 bridgehead atoms. The predicted molar refractivity (Wildman–Crippen MR) is 146 cm³/mol. The first kappa shape index (κ1) is 19.5. The maximum atomic E-state index is 4.95. The third-order valence-electron chi connectivity index (χ3n) is 7.72. The lowest BCUT2D eigenvalue weighted by Gasteiger charge is -2.35. The fraction of sp³-hybridized carbons (Fsp3) is 0.0303. The third kappa shape index (κ3) is 2.32. The molecule has 3 aromatic carbocycles. The van der Waals surface area contributed by atoms with Gasteiger partial charge in [0.2, 0.25) is 0 Å². The van der Waals surface area contributed by atoms with Gasteiger partial charge in [0.05, 0.1) is 33.4 Å². The van der Waals surface area contributed by atoms with Crippen LogP contribution in [0.2, 0.25) is 0 Å². The van der Waals surface area contributed by atoms with Crippen LogP contribution >= 0.6 is 0 Å². The molecule has 1 aliphatic carbocycles. The van der Waals surface area contributed by atoms with Crippen molar-refractivity contribution in [3.63, 3.8) is 0 Å². The average Bonchev–Trinajstić information content (AvgIpc) is 3.59. The summed E-state index contributed by atoms with van der Waals surface area (Å²) in [5, 5.41) is 2.50. The largest absolute Gasteiger partial charge is 0.309 e. The number of pyridine rings is 2. The molecule has 4 aromatic heterocycles. The topological polar surface area (TPSA) is 30.2 Å². The summed E-state index contributed by atoms with van der Waals surface area (Å²) in [6.45, 7) is 0.